The molecule has 162 valence electrons. The van der Waals surface area contributed by atoms with E-state index in [2.05, 4.69) is 11.7 Å². The molecule has 1 aromatic carbocycles. The Hall–Kier alpha value is -1.72. The van der Waals surface area contributed by atoms with E-state index < -0.39 is 6.36 Å². The van der Waals surface area contributed by atoms with E-state index in [4.69, 9.17) is 4.74 Å². The highest BCUT2D eigenvalue weighted by Gasteiger charge is 2.34. The molecule has 2 fully saturated rings. The number of benzene rings is 1. The highest BCUT2D eigenvalue weighted by atomic mass is 19.4. The van der Waals surface area contributed by atoms with Gasteiger partial charge in [-0.2, -0.15) is 0 Å². The number of alkyl halides is 3. The summed E-state index contributed by atoms with van der Waals surface area (Å²) in [7, 11) is 0. The summed E-state index contributed by atoms with van der Waals surface area (Å²) in [6.07, 6.45) is 7.10. The van der Waals surface area contributed by atoms with E-state index in [1.165, 1.54) is 50.7 Å². The third-order valence-corrected chi connectivity index (χ3v) is 6.64. The lowest BCUT2D eigenvalue weighted by Gasteiger charge is -2.37. The summed E-state index contributed by atoms with van der Waals surface area (Å²) in [6, 6.07) is 4.97. The van der Waals surface area contributed by atoms with Crippen LogP contribution in [0.15, 0.2) is 24.3 Å². The smallest absolute Gasteiger partial charge is 0.426 e. The topological polar surface area (TPSA) is 35.5 Å². The van der Waals surface area contributed by atoms with Gasteiger partial charge in [-0.25, -0.2) is 0 Å². The summed E-state index contributed by atoms with van der Waals surface area (Å²) in [6.45, 7) is 2.26. The molecule has 0 aliphatic heterocycles. The molecule has 3 nitrogen and oxygen atoms in total. The van der Waals surface area contributed by atoms with Gasteiger partial charge in [-0.1, -0.05) is 32.6 Å². The Labute approximate surface area is 171 Å². The van der Waals surface area contributed by atoms with Crippen molar-refractivity contribution in [1.82, 2.24) is 0 Å². The SMILES string of the molecule is CCC[C@H]1CC[C@H]([C@H]2CC[C@H](C(=O)Oc3ccc(OC(F)(F)F)cc3)CC2)CC1. The Morgan fingerprint density at radius 1 is 0.897 bits per heavy atom. The molecular weight excluding hydrogens is 381 g/mol. The van der Waals surface area contributed by atoms with Gasteiger partial charge in [0.05, 0.1) is 5.92 Å². The van der Waals surface area contributed by atoms with Crippen LogP contribution < -0.4 is 9.47 Å². The van der Waals surface area contributed by atoms with Gasteiger partial charge < -0.3 is 9.47 Å². The monoisotopic (exact) mass is 412 g/mol. The van der Waals surface area contributed by atoms with Crippen LogP contribution >= 0.6 is 0 Å². The zero-order valence-corrected chi connectivity index (χ0v) is 17.0. The molecule has 0 aromatic heterocycles. The molecule has 6 heteroatoms. The maximum Gasteiger partial charge on any atom is 0.573 e. The van der Waals surface area contributed by atoms with Gasteiger partial charge in [-0.15, -0.1) is 13.2 Å². The van der Waals surface area contributed by atoms with Crippen LogP contribution in [0.25, 0.3) is 0 Å². The summed E-state index contributed by atoms with van der Waals surface area (Å²) in [5, 5.41) is 0. The fourth-order valence-electron chi connectivity index (χ4n) is 5.09. The fraction of sp³-hybridized carbons (Fsp3) is 0.696. The number of hydrogen-bond acceptors (Lipinski definition) is 3. The van der Waals surface area contributed by atoms with Crippen LogP contribution in [0.4, 0.5) is 13.2 Å². The zero-order valence-electron chi connectivity index (χ0n) is 17.0. The van der Waals surface area contributed by atoms with Gasteiger partial charge in [0, 0.05) is 0 Å². The van der Waals surface area contributed by atoms with E-state index in [-0.39, 0.29) is 23.4 Å². The van der Waals surface area contributed by atoms with Crippen molar-refractivity contribution in [3.63, 3.8) is 0 Å². The second-order valence-electron chi connectivity index (χ2n) is 8.62. The van der Waals surface area contributed by atoms with Gasteiger partial charge in [0.25, 0.3) is 0 Å². The average molecular weight is 412 g/mol. The molecule has 0 spiro atoms. The van der Waals surface area contributed by atoms with Crippen LogP contribution in [0.5, 0.6) is 11.5 Å². The number of halogens is 3. The molecule has 2 saturated carbocycles. The highest BCUT2D eigenvalue weighted by Crippen LogP contribution is 2.42. The third-order valence-electron chi connectivity index (χ3n) is 6.64. The molecule has 3 rings (SSSR count). The van der Waals surface area contributed by atoms with Crippen molar-refractivity contribution in [3.8, 4) is 11.5 Å². The van der Waals surface area contributed by atoms with Gasteiger partial charge >= 0.3 is 12.3 Å². The molecule has 2 aliphatic rings. The summed E-state index contributed by atoms with van der Waals surface area (Å²) < 4.78 is 45.8. The second-order valence-corrected chi connectivity index (χ2v) is 8.62. The lowest BCUT2D eigenvalue weighted by molar-refractivity contribution is -0.274. The van der Waals surface area contributed by atoms with Gasteiger partial charge in [0.2, 0.25) is 0 Å². The summed E-state index contributed by atoms with van der Waals surface area (Å²) in [5.74, 6) is 1.97. The Morgan fingerprint density at radius 3 is 1.93 bits per heavy atom. The maximum atomic E-state index is 12.4. The number of hydrogen-bond donors (Lipinski definition) is 0. The molecule has 0 radical (unpaired) electrons. The first kappa shape index (κ1) is 22.0. The quantitative estimate of drug-likeness (QED) is 0.376. The standard InChI is InChI=1S/C23H31F3O3/c1-2-3-16-4-6-17(7-5-16)18-8-10-19(11-9-18)22(27)28-20-12-14-21(15-13-20)29-23(24,25)26/h12-19H,2-11H2,1H3/t16-,17-,18-,19-. The largest absolute Gasteiger partial charge is 0.573 e. The van der Waals surface area contributed by atoms with E-state index in [0.717, 1.165) is 55.6 Å². The molecule has 0 unspecified atom stereocenters. The van der Waals surface area contributed by atoms with Crippen molar-refractivity contribution >= 4 is 5.97 Å². The fourth-order valence-corrected chi connectivity index (χ4v) is 5.09. The van der Waals surface area contributed by atoms with E-state index in [9.17, 15) is 18.0 Å². The minimum atomic E-state index is -4.73. The first-order valence-corrected chi connectivity index (χ1v) is 10.9. The van der Waals surface area contributed by atoms with Crippen molar-refractivity contribution in [3.05, 3.63) is 24.3 Å². The lowest BCUT2D eigenvalue weighted by atomic mass is 9.69. The predicted molar refractivity (Wildman–Crippen MR) is 105 cm³/mol. The van der Waals surface area contributed by atoms with Crippen LogP contribution in [-0.2, 0) is 4.79 Å². The molecule has 2 aliphatic carbocycles. The Kier molecular flexibility index (Phi) is 7.47. The number of carbonyl (C=O) groups excluding carboxylic acids is 1. The third kappa shape index (κ3) is 6.65. The molecule has 0 atom stereocenters. The Morgan fingerprint density at radius 2 is 1.41 bits per heavy atom. The molecule has 0 N–H and O–H groups in total. The predicted octanol–water partition coefficient (Wildman–Crippen LogP) is 6.90. The van der Waals surface area contributed by atoms with Crippen LogP contribution in [0.3, 0.4) is 0 Å². The number of carbonyl (C=O) groups is 1. The Balaban J connectivity index is 1.42. The molecule has 0 saturated heterocycles. The molecule has 0 heterocycles. The molecule has 29 heavy (non-hydrogen) atoms. The minimum Gasteiger partial charge on any atom is -0.426 e. The van der Waals surface area contributed by atoms with Gasteiger partial charge in [0.1, 0.15) is 11.5 Å². The van der Waals surface area contributed by atoms with Gasteiger partial charge in [0.15, 0.2) is 0 Å². The van der Waals surface area contributed by atoms with Crippen LogP contribution in [0, 0.1) is 23.7 Å². The van der Waals surface area contributed by atoms with Crippen molar-refractivity contribution in [2.24, 2.45) is 23.7 Å². The first-order chi connectivity index (χ1) is 13.8. The van der Waals surface area contributed by atoms with Crippen molar-refractivity contribution in [2.45, 2.75) is 77.5 Å². The van der Waals surface area contributed by atoms with E-state index in [1.807, 2.05) is 0 Å². The average Bonchev–Trinajstić information content (AvgIpc) is 2.69. The highest BCUT2D eigenvalue weighted by molar-refractivity contribution is 5.75. The second kappa shape index (κ2) is 9.86. The molecular formula is C23H31F3O3. The van der Waals surface area contributed by atoms with Crippen LogP contribution in [0.2, 0.25) is 0 Å². The summed E-state index contributed by atoms with van der Waals surface area (Å²) in [5.41, 5.74) is 0. The van der Waals surface area contributed by atoms with Crippen molar-refractivity contribution in [1.29, 1.82) is 0 Å². The van der Waals surface area contributed by atoms with Gasteiger partial charge in [-0.05, 0) is 80.5 Å². The van der Waals surface area contributed by atoms with Crippen LogP contribution in [-0.4, -0.2) is 12.3 Å². The number of ether oxygens (including phenoxy) is 2. The lowest BCUT2D eigenvalue weighted by Crippen LogP contribution is -2.30. The van der Waals surface area contributed by atoms with Crippen molar-refractivity contribution < 1.29 is 27.4 Å². The van der Waals surface area contributed by atoms with Crippen LogP contribution in [0.1, 0.15) is 71.1 Å². The summed E-state index contributed by atoms with van der Waals surface area (Å²) >= 11 is 0. The zero-order chi connectivity index (χ0) is 20.9. The van der Waals surface area contributed by atoms with E-state index in [0.29, 0.717) is 0 Å². The molecule has 0 amide bonds. The van der Waals surface area contributed by atoms with E-state index >= 15 is 0 Å². The molecule has 0 bridgehead atoms. The Bertz CT molecular complexity index is 640. The normalized spacial score (nSPS) is 28.0. The maximum absolute atomic E-state index is 12.4. The number of esters is 1. The summed E-state index contributed by atoms with van der Waals surface area (Å²) in [4.78, 5) is 12.4. The van der Waals surface area contributed by atoms with Gasteiger partial charge in [-0.3, -0.25) is 4.79 Å². The van der Waals surface area contributed by atoms with Crippen molar-refractivity contribution in [2.75, 3.05) is 0 Å². The number of rotatable bonds is 6. The molecule has 1 aromatic rings. The first-order valence-electron chi connectivity index (χ1n) is 10.9. The van der Waals surface area contributed by atoms with E-state index in [1.54, 1.807) is 0 Å². The minimum absolute atomic E-state index is 0.117.